The quantitative estimate of drug-likeness (QED) is 0.808. The van der Waals surface area contributed by atoms with Gasteiger partial charge in [-0.1, -0.05) is 17.4 Å². The van der Waals surface area contributed by atoms with Crippen molar-refractivity contribution in [1.29, 1.82) is 0 Å². The van der Waals surface area contributed by atoms with Crippen LogP contribution in [0.15, 0.2) is 18.2 Å². The predicted octanol–water partition coefficient (Wildman–Crippen LogP) is 2.30. The average molecular weight is 284 g/mol. The number of anilines is 3. The zero-order valence-electron chi connectivity index (χ0n) is 9.83. The number of hydrogen-bond acceptors (Lipinski definition) is 5. The Balaban J connectivity index is 2.25. The van der Waals surface area contributed by atoms with Crippen molar-refractivity contribution in [1.82, 2.24) is 4.98 Å². The van der Waals surface area contributed by atoms with Crippen molar-refractivity contribution in [2.24, 2.45) is 0 Å². The van der Waals surface area contributed by atoms with E-state index in [9.17, 15) is 13.6 Å². The summed E-state index contributed by atoms with van der Waals surface area (Å²) in [6.45, 7) is 0. The number of amides is 1. The van der Waals surface area contributed by atoms with Gasteiger partial charge in [-0.05, 0) is 12.1 Å². The van der Waals surface area contributed by atoms with Crippen LogP contribution in [0.3, 0.4) is 0 Å². The van der Waals surface area contributed by atoms with Crippen LogP contribution in [0.25, 0.3) is 0 Å². The number of benzene rings is 1. The van der Waals surface area contributed by atoms with Gasteiger partial charge in [-0.15, -0.1) is 0 Å². The highest BCUT2D eigenvalue weighted by Crippen LogP contribution is 2.26. The number of nitrogen functional groups attached to an aromatic ring is 1. The number of aromatic nitrogens is 1. The lowest BCUT2D eigenvalue weighted by Gasteiger charge is -2.05. The summed E-state index contributed by atoms with van der Waals surface area (Å²) in [4.78, 5) is 15.9. The van der Waals surface area contributed by atoms with Crippen LogP contribution in [-0.2, 0) is 0 Å². The van der Waals surface area contributed by atoms with E-state index in [1.807, 2.05) is 0 Å². The van der Waals surface area contributed by atoms with Crippen molar-refractivity contribution >= 4 is 33.9 Å². The highest BCUT2D eigenvalue weighted by molar-refractivity contribution is 7.18. The molecule has 1 aromatic carbocycles. The number of thiazole rings is 1. The van der Waals surface area contributed by atoms with Crippen LogP contribution < -0.4 is 16.4 Å². The molecule has 0 unspecified atom stereocenters. The lowest BCUT2D eigenvalue weighted by Crippen LogP contribution is -2.13. The maximum absolute atomic E-state index is 13.4. The van der Waals surface area contributed by atoms with Gasteiger partial charge in [0.25, 0.3) is 5.91 Å². The van der Waals surface area contributed by atoms with Gasteiger partial charge < -0.3 is 16.4 Å². The van der Waals surface area contributed by atoms with Crippen molar-refractivity contribution in [3.63, 3.8) is 0 Å². The molecule has 1 amide bonds. The van der Waals surface area contributed by atoms with Gasteiger partial charge in [0.1, 0.15) is 10.7 Å². The minimum Gasteiger partial charge on any atom is -0.382 e. The lowest BCUT2D eigenvalue weighted by molar-refractivity contribution is 0.103. The molecule has 0 spiro atoms. The van der Waals surface area contributed by atoms with Gasteiger partial charge in [0.2, 0.25) is 0 Å². The molecule has 0 aliphatic carbocycles. The van der Waals surface area contributed by atoms with E-state index in [1.165, 1.54) is 12.1 Å². The zero-order valence-corrected chi connectivity index (χ0v) is 10.6. The summed E-state index contributed by atoms with van der Waals surface area (Å²) >= 11 is 1.02. The second-order valence-corrected chi connectivity index (χ2v) is 4.54. The lowest BCUT2D eigenvalue weighted by atomic mass is 10.3. The van der Waals surface area contributed by atoms with Crippen LogP contribution in [0.1, 0.15) is 9.67 Å². The first-order valence-corrected chi connectivity index (χ1v) is 6.04. The largest absolute Gasteiger partial charge is 0.382 e. The molecule has 1 aromatic heterocycles. The molecule has 0 radical (unpaired) electrons. The van der Waals surface area contributed by atoms with Crippen LogP contribution >= 0.6 is 11.3 Å². The highest BCUT2D eigenvalue weighted by Gasteiger charge is 2.18. The van der Waals surface area contributed by atoms with Crippen molar-refractivity contribution in [2.45, 2.75) is 0 Å². The molecule has 4 N–H and O–H groups in total. The molecule has 0 atom stereocenters. The summed E-state index contributed by atoms with van der Waals surface area (Å²) < 4.78 is 26.4. The standard InChI is InChI=1S/C11H10F2N4OS/c1-15-11-17-9(14)8(19-11)10(18)16-6-4-2-3-5(12)7(6)13/h2-4H,14H2,1H3,(H,15,17)(H,16,18). The molecule has 5 nitrogen and oxygen atoms in total. The third-order valence-electron chi connectivity index (χ3n) is 2.27. The van der Waals surface area contributed by atoms with E-state index < -0.39 is 17.5 Å². The van der Waals surface area contributed by atoms with Crippen LogP contribution in [0, 0.1) is 11.6 Å². The fourth-order valence-electron chi connectivity index (χ4n) is 1.38. The van der Waals surface area contributed by atoms with Gasteiger partial charge in [-0.25, -0.2) is 13.8 Å². The van der Waals surface area contributed by atoms with Crippen molar-refractivity contribution in [2.75, 3.05) is 23.4 Å². The fourth-order valence-corrected chi connectivity index (χ4v) is 2.11. The summed E-state index contributed by atoms with van der Waals surface area (Å²) in [5.74, 6) is -2.76. The van der Waals surface area contributed by atoms with Crippen LogP contribution in [0.5, 0.6) is 0 Å². The number of carbonyl (C=O) groups is 1. The SMILES string of the molecule is CNc1nc(N)c(C(=O)Nc2cccc(F)c2F)s1. The molecule has 0 aliphatic heterocycles. The molecule has 0 saturated heterocycles. The van der Waals surface area contributed by atoms with E-state index in [0.717, 1.165) is 17.4 Å². The normalized spacial score (nSPS) is 10.3. The van der Waals surface area contributed by atoms with E-state index in [-0.39, 0.29) is 16.4 Å². The van der Waals surface area contributed by atoms with Crippen molar-refractivity contribution < 1.29 is 13.6 Å². The summed E-state index contributed by atoms with van der Waals surface area (Å²) in [7, 11) is 1.63. The Morgan fingerprint density at radius 2 is 2.16 bits per heavy atom. The van der Waals surface area contributed by atoms with Gasteiger partial charge in [-0.3, -0.25) is 4.79 Å². The highest BCUT2D eigenvalue weighted by atomic mass is 32.1. The number of nitrogens with zero attached hydrogens (tertiary/aromatic N) is 1. The van der Waals surface area contributed by atoms with E-state index in [0.29, 0.717) is 5.13 Å². The van der Waals surface area contributed by atoms with E-state index in [4.69, 9.17) is 5.73 Å². The number of hydrogen-bond donors (Lipinski definition) is 3. The second kappa shape index (κ2) is 5.19. The number of nitrogens with two attached hydrogens (primary N) is 1. The van der Waals surface area contributed by atoms with Gasteiger partial charge in [-0.2, -0.15) is 0 Å². The summed E-state index contributed by atoms with van der Waals surface area (Å²) in [5.41, 5.74) is 5.32. The molecule has 0 aliphatic rings. The second-order valence-electron chi connectivity index (χ2n) is 3.54. The summed E-state index contributed by atoms with van der Waals surface area (Å²) in [6, 6.07) is 3.51. The average Bonchev–Trinajstić information content (AvgIpc) is 2.76. The van der Waals surface area contributed by atoms with Crippen LogP contribution in [-0.4, -0.2) is 17.9 Å². The maximum Gasteiger partial charge on any atom is 0.269 e. The molecule has 2 rings (SSSR count). The van der Waals surface area contributed by atoms with Gasteiger partial charge in [0.15, 0.2) is 16.8 Å². The number of nitrogens with one attached hydrogen (secondary N) is 2. The molecule has 1 heterocycles. The Morgan fingerprint density at radius 3 is 2.79 bits per heavy atom. The molecule has 0 bridgehead atoms. The molecule has 2 aromatic rings. The molecule has 8 heteroatoms. The molecular weight excluding hydrogens is 274 g/mol. The van der Waals surface area contributed by atoms with E-state index >= 15 is 0 Å². The topological polar surface area (TPSA) is 80.0 Å². The molecule has 0 saturated carbocycles. The van der Waals surface area contributed by atoms with Crippen molar-refractivity contribution in [3.05, 3.63) is 34.7 Å². The van der Waals surface area contributed by atoms with Gasteiger partial charge in [0.05, 0.1) is 5.69 Å². The first kappa shape index (κ1) is 13.2. The predicted molar refractivity (Wildman–Crippen MR) is 70.4 cm³/mol. The zero-order chi connectivity index (χ0) is 14.0. The number of carbonyl (C=O) groups excluding carboxylic acids is 1. The fraction of sp³-hybridized carbons (Fsp3) is 0.0909. The number of rotatable bonds is 3. The molecule has 100 valence electrons. The minimum absolute atomic E-state index is 0.0312. The molecule has 0 fully saturated rings. The Labute approximate surface area is 111 Å². The smallest absolute Gasteiger partial charge is 0.269 e. The third-order valence-corrected chi connectivity index (χ3v) is 3.36. The Morgan fingerprint density at radius 1 is 1.42 bits per heavy atom. The number of halogens is 2. The van der Waals surface area contributed by atoms with Crippen LogP contribution in [0.2, 0.25) is 0 Å². The van der Waals surface area contributed by atoms with Crippen molar-refractivity contribution in [3.8, 4) is 0 Å². The monoisotopic (exact) mass is 284 g/mol. The maximum atomic E-state index is 13.4. The van der Waals surface area contributed by atoms with Crippen LogP contribution in [0.4, 0.5) is 25.4 Å². The first-order valence-electron chi connectivity index (χ1n) is 5.22. The van der Waals surface area contributed by atoms with E-state index in [2.05, 4.69) is 15.6 Å². The Hall–Kier alpha value is -2.22. The summed E-state index contributed by atoms with van der Waals surface area (Å²) in [6.07, 6.45) is 0. The first-order chi connectivity index (χ1) is 9.02. The summed E-state index contributed by atoms with van der Waals surface area (Å²) in [5, 5.41) is 5.46. The Bertz CT molecular complexity index is 629. The minimum atomic E-state index is -1.12. The molecular formula is C11H10F2N4OS. The van der Waals surface area contributed by atoms with Gasteiger partial charge in [0, 0.05) is 7.05 Å². The Kier molecular flexibility index (Phi) is 3.61. The van der Waals surface area contributed by atoms with E-state index in [1.54, 1.807) is 7.05 Å². The molecule has 19 heavy (non-hydrogen) atoms. The third kappa shape index (κ3) is 2.63. The van der Waals surface area contributed by atoms with Gasteiger partial charge >= 0.3 is 0 Å².